The summed E-state index contributed by atoms with van der Waals surface area (Å²) in [6, 6.07) is 46.2. The van der Waals surface area contributed by atoms with Crippen molar-refractivity contribution in [3.63, 3.8) is 0 Å². The van der Waals surface area contributed by atoms with Crippen molar-refractivity contribution in [1.82, 2.24) is 0 Å². The van der Waals surface area contributed by atoms with Gasteiger partial charge in [-0.2, -0.15) is 0 Å². The van der Waals surface area contributed by atoms with E-state index in [1.807, 2.05) is 0 Å². The third kappa shape index (κ3) is 5.85. The van der Waals surface area contributed by atoms with Gasteiger partial charge < -0.3 is 9.80 Å². The fourth-order valence-corrected chi connectivity index (χ4v) is 12.7. The number of hydrogen-bond donors (Lipinski definition) is 0. The molecule has 0 amide bonds. The van der Waals surface area contributed by atoms with Crippen molar-refractivity contribution in [2.75, 3.05) is 9.80 Å². The smallest absolute Gasteiger partial charge is 0.248 e. The van der Waals surface area contributed by atoms with E-state index in [4.69, 9.17) is 0 Å². The molecule has 3 heterocycles. The quantitative estimate of drug-likeness (QED) is 0.142. The normalized spacial score (nSPS) is 16.7. The second kappa shape index (κ2) is 15.0. The Morgan fingerprint density at radius 1 is 0.516 bits per heavy atom. The van der Waals surface area contributed by atoms with Crippen molar-refractivity contribution in [2.24, 2.45) is 0 Å². The molecule has 0 aromatic heterocycles. The molecule has 1 aliphatic carbocycles. The first kappa shape index (κ1) is 39.1. The number of unbranched alkanes of at least 4 members (excludes halogenated alkanes) is 2. The van der Waals surface area contributed by atoms with E-state index in [1.165, 1.54) is 147 Å². The minimum Gasteiger partial charge on any atom is -0.331 e. The SMILES string of the molecule is CCCCc1ccc2c(c1)B(c1c(C)cc(C)cc1C)c1c3c(cc4ccccc14)N1c4ccc(CCCC)cc4B(c4c(C)cc(C)cc4C)C4=c5ccccc5=CC(C41)N23. The fourth-order valence-electron chi connectivity index (χ4n) is 12.7. The molecule has 2 atom stereocenters. The summed E-state index contributed by atoms with van der Waals surface area (Å²) in [5, 5.41) is 5.42. The molecule has 3 aliphatic heterocycles. The number of nitrogens with zero attached hydrogens (tertiary/aromatic N) is 2. The van der Waals surface area contributed by atoms with Gasteiger partial charge >= 0.3 is 0 Å². The summed E-state index contributed by atoms with van der Waals surface area (Å²) in [6.07, 6.45) is 9.61. The first-order chi connectivity index (χ1) is 30.2. The summed E-state index contributed by atoms with van der Waals surface area (Å²) < 4.78 is 0. The number of aryl methyl sites for hydroxylation is 8. The monoisotopic (exact) mass is 804 g/mol. The van der Waals surface area contributed by atoms with Gasteiger partial charge in [0.2, 0.25) is 13.4 Å². The van der Waals surface area contributed by atoms with Crippen LogP contribution in [0, 0.1) is 41.5 Å². The second-order valence-corrected chi connectivity index (χ2v) is 19.2. The molecule has 0 saturated heterocycles. The second-order valence-electron chi connectivity index (χ2n) is 19.2. The lowest BCUT2D eigenvalue weighted by molar-refractivity contribution is 0.675. The van der Waals surface area contributed by atoms with Crippen molar-refractivity contribution in [1.29, 1.82) is 0 Å². The molecule has 0 fully saturated rings. The summed E-state index contributed by atoms with van der Waals surface area (Å²) in [6.45, 7) is 18.8. The van der Waals surface area contributed by atoms with Crippen LogP contribution in [0.15, 0.2) is 115 Å². The van der Waals surface area contributed by atoms with Gasteiger partial charge in [-0.1, -0.05) is 180 Å². The van der Waals surface area contributed by atoms with Crippen LogP contribution in [0.2, 0.25) is 0 Å². The highest BCUT2D eigenvalue weighted by Gasteiger charge is 2.54. The average Bonchev–Trinajstić information content (AvgIpc) is 3.25. The maximum absolute atomic E-state index is 2.83. The lowest BCUT2D eigenvalue weighted by atomic mass is 9.30. The predicted octanol–water partition coefficient (Wildman–Crippen LogP) is 9.04. The Bertz CT molecular complexity index is 3080. The maximum Gasteiger partial charge on any atom is 0.248 e. The molecule has 4 heteroatoms. The molecule has 4 aliphatic rings. The molecule has 2 unspecified atom stereocenters. The van der Waals surface area contributed by atoms with Gasteiger partial charge in [0.25, 0.3) is 0 Å². The zero-order valence-corrected chi connectivity index (χ0v) is 38.0. The molecular formula is C58H58B2N2. The minimum absolute atomic E-state index is 0.0650. The van der Waals surface area contributed by atoms with Crippen LogP contribution >= 0.6 is 0 Å². The van der Waals surface area contributed by atoms with Gasteiger partial charge in [0.15, 0.2) is 0 Å². The Labute approximate surface area is 370 Å². The topological polar surface area (TPSA) is 6.48 Å². The highest BCUT2D eigenvalue weighted by molar-refractivity contribution is 7.01. The Morgan fingerprint density at radius 2 is 1.06 bits per heavy atom. The van der Waals surface area contributed by atoms with Crippen LogP contribution in [0.25, 0.3) is 22.3 Å². The molecule has 7 aromatic rings. The van der Waals surface area contributed by atoms with Crippen LogP contribution in [0.5, 0.6) is 0 Å². The summed E-state index contributed by atoms with van der Waals surface area (Å²) in [7, 11) is 0. The van der Waals surface area contributed by atoms with Gasteiger partial charge in [-0.15, -0.1) is 0 Å². The Balaban J connectivity index is 1.31. The van der Waals surface area contributed by atoms with E-state index in [0.717, 1.165) is 12.8 Å². The number of rotatable bonds is 8. The minimum atomic E-state index is 0.0650. The van der Waals surface area contributed by atoms with Crippen LogP contribution in [-0.4, -0.2) is 25.5 Å². The predicted molar refractivity (Wildman–Crippen MR) is 270 cm³/mol. The Morgan fingerprint density at radius 3 is 1.69 bits per heavy atom. The van der Waals surface area contributed by atoms with E-state index in [9.17, 15) is 0 Å². The largest absolute Gasteiger partial charge is 0.331 e. The van der Waals surface area contributed by atoms with E-state index in [0.29, 0.717) is 0 Å². The fraction of sp³-hybridized carbons (Fsp3) is 0.276. The molecule has 0 bridgehead atoms. The molecular weight excluding hydrogens is 746 g/mol. The highest BCUT2D eigenvalue weighted by Crippen LogP contribution is 2.52. The summed E-state index contributed by atoms with van der Waals surface area (Å²) in [5.74, 6) is 0. The van der Waals surface area contributed by atoms with Gasteiger partial charge in [0.1, 0.15) is 0 Å². The van der Waals surface area contributed by atoms with Crippen LogP contribution in [0.4, 0.5) is 22.7 Å². The summed E-state index contributed by atoms with van der Waals surface area (Å²) in [4.78, 5) is 5.66. The van der Waals surface area contributed by atoms with E-state index in [1.54, 1.807) is 0 Å². The molecule has 0 saturated carbocycles. The van der Waals surface area contributed by atoms with Gasteiger partial charge in [-0.25, -0.2) is 0 Å². The first-order valence-corrected chi connectivity index (χ1v) is 23.5. The molecule has 7 aromatic carbocycles. The number of hydrogen-bond acceptors (Lipinski definition) is 2. The van der Waals surface area contributed by atoms with Crippen molar-refractivity contribution in [3.05, 3.63) is 170 Å². The van der Waals surface area contributed by atoms with Crippen molar-refractivity contribution in [3.8, 4) is 0 Å². The van der Waals surface area contributed by atoms with Gasteiger partial charge in [0, 0.05) is 11.4 Å². The molecule has 0 spiro atoms. The molecule has 0 radical (unpaired) electrons. The zero-order valence-electron chi connectivity index (χ0n) is 38.0. The molecule has 0 N–H and O–H groups in total. The van der Waals surface area contributed by atoms with Crippen molar-refractivity contribution < 1.29 is 0 Å². The average molecular weight is 805 g/mol. The molecule has 306 valence electrons. The highest BCUT2D eigenvalue weighted by atomic mass is 15.3. The number of benzene rings is 7. The van der Waals surface area contributed by atoms with Crippen molar-refractivity contribution >= 4 is 85.8 Å². The van der Waals surface area contributed by atoms with E-state index in [2.05, 4.69) is 187 Å². The van der Waals surface area contributed by atoms with Crippen LogP contribution in [-0.2, 0) is 12.8 Å². The molecule has 11 rings (SSSR count). The van der Waals surface area contributed by atoms with Gasteiger partial charge in [-0.05, 0) is 134 Å². The maximum atomic E-state index is 2.83. The molecule has 62 heavy (non-hydrogen) atoms. The first-order valence-electron chi connectivity index (χ1n) is 23.5. The zero-order chi connectivity index (χ0) is 42.6. The number of anilines is 4. The van der Waals surface area contributed by atoms with Crippen molar-refractivity contribution in [2.45, 2.75) is 106 Å². The Kier molecular flexibility index (Phi) is 9.45. The lowest BCUT2D eigenvalue weighted by Gasteiger charge is -2.57. The van der Waals surface area contributed by atoms with Gasteiger partial charge in [0.05, 0.1) is 23.5 Å². The van der Waals surface area contributed by atoms with E-state index >= 15 is 0 Å². The van der Waals surface area contributed by atoms with E-state index < -0.39 is 0 Å². The van der Waals surface area contributed by atoms with Crippen LogP contribution in [0.3, 0.4) is 0 Å². The standard InChI is InChI=1S/C58H58B2N2/c1-9-11-17-41-23-25-49-47(31-41)59(53-37(5)27-35(3)28-38(53)6)55-45-21-15-13-19-43(45)34-52-57(55)61(49)51-33-44-20-14-16-22-46(44)56-58(51)62(52)50-26-24-42(18-12-10-2)32-48(50)60(56)54-39(7)29-36(4)30-40(54)8/h13-16,19-34,51,58H,9-12,17-18H2,1-8H3. The third-order valence-electron chi connectivity index (χ3n) is 15.0. The van der Waals surface area contributed by atoms with Gasteiger partial charge in [-0.3, -0.25) is 0 Å². The number of fused-ring (bicyclic) bond motifs is 9. The summed E-state index contributed by atoms with van der Waals surface area (Å²) >= 11 is 0. The summed E-state index contributed by atoms with van der Waals surface area (Å²) in [5.41, 5.74) is 25.3. The Hall–Kier alpha value is -5.73. The van der Waals surface area contributed by atoms with E-state index in [-0.39, 0.29) is 25.5 Å². The van der Waals surface area contributed by atoms with Crippen LogP contribution < -0.4 is 47.6 Å². The third-order valence-corrected chi connectivity index (χ3v) is 15.0. The van der Waals surface area contributed by atoms with Crippen LogP contribution in [0.1, 0.15) is 84.0 Å². The lowest BCUT2D eigenvalue weighted by Crippen LogP contribution is -2.70. The molecule has 2 nitrogen and oxygen atoms in total.